The molecular formula is C17H29NO2. The molecule has 0 amide bonds. The van der Waals surface area contributed by atoms with Crippen LogP contribution in [-0.2, 0) is 4.74 Å². The summed E-state index contributed by atoms with van der Waals surface area (Å²) in [6, 6.07) is 8.46. The van der Waals surface area contributed by atoms with E-state index in [0.29, 0.717) is 0 Å². The third-order valence-corrected chi connectivity index (χ3v) is 3.29. The Morgan fingerprint density at radius 1 is 1.10 bits per heavy atom. The molecule has 0 spiro atoms. The third kappa shape index (κ3) is 4.80. The minimum absolute atomic E-state index is 0.173. The first-order chi connectivity index (χ1) is 9.78. The van der Waals surface area contributed by atoms with E-state index in [1.54, 1.807) is 0 Å². The SMILES string of the molecule is CCCOc1ccccc1C(NCC)C(CC)OCC. The Morgan fingerprint density at radius 3 is 2.45 bits per heavy atom. The Morgan fingerprint density at radius 2 is 1.85 bits per heavy atom. The number of ether oxygens (including phenoxy) is 2. The molecule has 3 nitrogen and oxygen atoms in total. The van der Waals surface area contributed by atoms with Crippen molar-refractivity contribution in [2.45, 2.75) is 52.7 Å². The summed E-state index contributed by atoms with van der Waals surface area (Å²) >= 11 is 0. The smallest absolute Gasteiger partial charge is 0.124 e. The number of hydrogen-bond acceptors (Lipinski definition) is 3. The first kappa shape index (κ1) is 17.0. The summed E-state index contributed by atoms with van der Waals surface area (Å²) in [6.45, 7) is 10.9. The molecule has 114 valence electrons. The minimum atomic E-state index is 0.173. The molecule has 0 heterocycles. The average molecular weight is 279 g/mol. The molecule has 0 aliphatic carbocycles. The molecule has 3 heteroatoms. The van der Waals surface area contributed by atoms with Crippen LogP contribution in [-0.4, -0.2) is 25.9 Å². The van der Waals surface area contributed by atoms with Crippen LogP contribution in [0.25, 0.3) is 0 Å². The summed E-state index contributed by atoms with van der Waals surface area (Å²) in [5.74, 6) is 0.971. The Bertz CT molecular complexity index is 368. The van der Waals surface area contributed by atoms with E-state index in [1.807, 2.05) is 19.1 Å². The van der Waals surface area contributed by atoms with Crippen LogP contribution in [0, 0.1) is 0 Å². The Labute approximate surface area is 123 Å². The van der Waals surface area contributed by atoms with Gasteiger partial charge in [-0.2, -0.15) is 0 Å². The monoisotopic (exact) mass is 279 g/mol. The fourth-order valence-corrected chi connectivity index (χ4v) is 2.41. The fourth-order valence-electron chi connectivity index (χ4n) is 2.41. The molecule has 1 aromatic carbocycles. The predicted octanol–water partition coefficient (Wildman–Crippen LogP) is 3.94. The lowest BCUT2D eigenvalue weighted by Gasteiger charge is -2.28. The van der Waals surface area contributed by atoms with Crippen LogP contribution in [0.5, 0.6) is 5.75 Å². The number of hydrogen-bond donors (Lipinski definition) is 1. The average Bonchev–Trinajstić information content (AvgIpc) is 2.49. The summed E-state index contributed by atoms with van der Waals surface area (Å²) in [5.41, 5.74) is 1.20. The van der Waals surface area contributed by atoms with Crippen molar-refractivity contribution in [2.24, 2.45) is 0 Å². The van der Waals surface area contributed by atoms with Crippen molar-refractivity contribution < 1.29 is 9.47 Å². The molecule has 1 N–H and O–H groups in total. The second-order valence-electron chi connectivity index (χ2n) is 4.82. The van der Waals surface area contributed by atoms with Crippen molar-refractivity contribution in [3.05, 3.63) is 29.8 Å². The number of para-hydroxylation sites is 1. The lowest BCUT2D eigenvalue weighted by molar-refractivity contribution is 0.0310. The Kier molecular flexibility index (Phi) is 8.31. The Hall–Kier alpha value is -1.06. The van der Waals surface area contributed by atoms with Crippen LogP contribution in [0.3, 0.4) is 0 Å². The number of nitrogens with one attached hydrogen (secondary N) is 1. The van der Waals surface area contributed by atoms with Gasteiger partial charge in [0.2, 0.25) is 0 Å². The number of rotatable bonds is 10. The van der Waals surface area contributed by atoms with Gasteiger partial charge in [-0.15, -0.1) is 0 Å². The molecule has 2 unspecified atom stereocenters. The molecule has 0 aromatic heterocycles. The fraction of sp³-hybridized carbons (Fsp3) is 0.647. The standard InChI is InChI=1S/C17H29NO2/c1-5-13-20-16-12-10-9-11-14(16)17(18-7-3)15(6-2)19-8-4/h9-12,15,17-18H,5-8,13H2,1-4H3. The van der Waals surface area contributed by atoms with Crippen molar-refractivity contribution >= 4 is 0 Å². The van der Waals surface area contributed by atoms with Gasteiger partial charge in [0.15, 0.2) is 0 Å². The highest BCUT2D eigenvalue weighted by atomic mass is 16.5. The van der Waals surface area contributed by atoms with Gasteiger partial charge < -0.3 is 14.8 Å². The zero-order valence-corrected chi connectivity index (χ0v) is 13.3. The maximum atomic E-state index is 5.90. The van der Waals surface area contributed by atoms with E-state index in [0.717, 1.165) is 38.3 Å². The maximum absolute atomic E-state index is 5.90. The highest BCUT2D eigenvalue weighted by molar-refractivity contribution is 5.36. The predicted molar refractivity (Wildman–Crippen MR) is 84.4 cm³/mol. The van der Waals surface area contributed by atoms with Gasteiger partial charge in [-0.25, -0.2) is 0 Å². The molecule has 20 heavy (non-hydrogen) atoms. The zero-order chi connectivity index (χ0) is 14.8. The van der Waals surface area contributed by atoms with Gasteiger partial charge in [0.25, 0.3) is 0 Å². The molecule has 0 radical (unpaired) electrons. The van der Waals surface area contributed by atoms with Crippen molar-refractivity contribution in [3.63, 3.8) is 0 Å². The van der Waals surface area contributed by atoms with Gasteiger partial charge in [-0.1, -0.05) is 39.0 Å². The van der Waals surface area contributed by atoms with Crippen molar-refractivity contribution in [2.75, 3.05) is 19.8 Å². The molecule has 0 aliphatic rings. The van der Waals surface area contributed by atoms with E-state index >= 15 is 0 Å². The quantitative estimate of drug-likeness (QED) is 0.703. The van der Waals surface area contributed by atoms with Gasteiger partial charge in [0.1, 0.15) is 5.75 Å². The molecule has 0 fully saturated rings. The van der Waals surface area contributed by atoms with Gasteiger partial charge in [0.05, 0.1) is 18.8 Å². The topological polar surface area (TPSA) is 30.5 Å². The van der Waals surface area contributed by atoms with Gasteiger partial charge in [-0.05, 0) is 32.4 Å². The lowest BCUT2D eigenvalue weighted by atomic mass is 9.98. The first-order valence-electron chi connectivity index (χ1n) is 7.85. The molecule has 1 aromatic rings. The molecule has 0 bridgehead atoms. The summed E-state index contributed by atoms with van der Waals surface area (Å²) in [4.78, 5) is 0. The molecule has 0 saturated heterocycles. The zero-order valence-electron chi connectivity index (χ0n) is 13.3. The Balaban J connectivity index is 3.00. The van der Waals surface area contributed by atoms with Gasteiger partial charge in [-0.3, -0.25) is 0 Å². The van der Waals surface area contributed by atoms with Crippen molar-refractivity contribution in [3.8, 4) is 5.75 Å². The molecule has 0 aliphatic heterocycles. The summed E-state index contributed by atoms with van der Waals surface area (Å²) < 4.78 is 11.8. The van der Waals surface area contributed by atoms with Crippen LogP contribution < -0.4 is 10.1 Å². The van der Waals surface area contributed by atoms with E-state index in [1.165, 1.54) is 5.56 Å². The van der Waals surface area contributed by atoms with Gasteiger partial charge in [0, 0.05) is 12.2 Å². The van der Waals surface area contributed by atoms with Crippen LogP contribution in [0.1, 0.15) is 52.1 Å². The van der Waals surface area contributed by atoms with E-state index < -0.39 is 0 Å². The van der Waals surface area contributed by atoms with E-state index in [-0.39, 0.29) is 12.1 Å². The molecule has 2 atom stereocenters. The third-order valence-electron chi connectivity index (χ3n) is 3.29. The van der Waals surface area contributed by atoms with E-state index in [4.69, 9.17) is 9.47 Å². The second-order valence-corrected chi connectivity index (χ2v) is 4.82. The van der Waals surface area contributed by atoms with E-state index in [2.05, 4.69) is 38.2 Å². The van der Waals surface area contributed by atoms with Crippen LogP contribution >= 0.6 is 0 Å². The number of likely N-dealkylation sites (N-methyl/N-ethyl adjacent to an activating group) is 1. The summed E-state index contributed by atoms with van der Waals surface area (Å²) in [5, 5.41) is 3.55. The van der Waals surface area contributed by atoms with Crippen LogP contribution in [0.2, 0.25) is 0 Å². The maximum Gasteiger partial charge on any atom is 0.124 e. The molecular weight excluding hydrogens is 250 g/mol. The van der Waals surface area contributed by atoms with E-state index in [9.17, 15) is 0 Å². The normalized spacial score (nSPS) is 14.0. The molecule has 1 rings (SSSR count). The second kappa shape index (κ2) is 9.78. The first-order valence-corrected chi connectivity index (χ1v) is 7.85. The summed E-state index contributed by atoms with van der Waals surface area (Å²) in [7, 11) is 0. The van der Waals surface area contributed by atoms with Gasteiger partial charge >= 0.3 is 0 Å². The van der Waals surface area contributed by atoms with Crippen molar-refractivity contribution in [1.29, 1.82) is 0 Å². The van der Waals surface area contributed by atoms with Crippen LogP contribution in [0.15, 0.2) is 24.3 Å². The largest absolute Gasteiger partial charge is 0.493 e. The lowest BCUT2D eigenvalue weighted by Crippen LogP contribution is -2.34. The number of benzene rings is 1. The van der Waals surface area contributed by atoms with Crippen LogP contribution in [0.4, 0.5) is 0 Å². The summed E-state index contributed by atoms with van der Waals surface area (Å²) in [6.07, 6.45) is 2.17. The van der Waals surface area contributed by atoms with Crippen molar-refractivity contribution in [1.82, 2.24) is 5.32 Å². The molecule has 0 saturated carbocycles. The highest BCUT2D eigenvalue weighted by Gasteiger charge is 2.24. The highest BCUT2D eigenvalue weighted by Crippen LogP contribution is 2.30. The minimum Gasteiger partial charge on any atom is -0.493 e.